The fourth-order valence-corrected chi connectivity index (χ4v) is 2.31. The third kappa shape index (κ3) is 4.61. The normalized spacial score (nSPS) is 10.0. The summed E-state index contributed by atoms with van der Waals surface area (Å²) in [4.78, 5) is 14.3. The molecule has 0 aliphatic carbocycles. The highest BCUT2D eigenvalue weighted by molar-refractivity contribution is 6.30. The molecule has 3 nitrogen and oxygen atoms in total. The van der Waals surface area contributed by atoms with E-state index in [0.717, 1.165) is 6.42 Å². The predicted octanol–water partition coefficient (Wildman–Crippen LogP) is 3.94. The van der Waals surface area contributed by atoms with Gasteiger partial charge in [0.1, 0.15) is 0 Å². The number of halogens is 1. The number of carbonyl (C=O) groups excluding carboxylic acids is 1. The van der Waals surface area contributed by atoms with E-state index in [0.29, 0.717) is 30.1 Å². The molecule has 0 heterocycles. The summed E-state index contributed by atoms with van der Waals surface area (Å²) >= 11 is 5.85. The molecule has 0 N–H and O–H groups in total. The van der Waals surface area contributed by atoms with E-state index in [1.807, 2.05) is 30.3 Å². The van der Waals surface area contributed by atoms with Crippen LogP contribution in [-0.4, -0.2) is 23.9 Å². The van der Waals surface area contributed by atoms with Crippen molar-refractivity contribution in [3.05, 3.63) is 70.7 Å². The van der Waals surface area contributed by atoms with Gasteiger partial charge in [0.15, 0.2) is 0 Å². The molecule has 0 aromatic heterocycles. The lowest BCUT2D eigenvalue weighted by Gasteiger charge is -2.22. The van der Waals surface area contributed by atoms with Crippen LogP contribution in [0.1, 0.15) is 22.3 Å². The smallest absolute Gasteiger partial charge is 0.253 e. The number of hydrogen-bond acceptors (Lipinski definition) is 2. The minimum atomic E-state index is -0.0668. The van der Waals surface area contributed by atoms with Gasteiger partial charge in [-0.25, -0.2) is 0 Å². The Morgan fingerprint density at radius 2 is 1.73 bits per heavy atom. The summed E-state index contributed by atoms with van der Waals surface area (Å²) in [5.74, 6) is -0.0668. The van der Waals surface area contributed by atoms with Crippen LogP contribution in [0.4, 0.5) is 0 Å². The Labute approximate surface area is 135 Å². The van der Waals surface area contributed by atoms with Crippen LogP contribution in [0.3, 0.4) is 0 Å². The molecule has 0 unspecified atom stereocenters. The lowest BCUT2D eigenvalue weighted by molar-refractivity contribution is 0.0761. The molecule has 2 aromatic rings. The second-order valence-electron chi connectivity index (χ2n) is 4.94. The molecular formula is C18H17ClN2O. The van der Waals surface area contributed by atoms with E-state index >= 15 is 0 Å². The molecule has 0 spiro atoms. The topological polar surface area (TPSA) is 44.1 Å². The third-order valence-corrected chi connectivity index (χ3v) is 3.64. The van der Waals surface area contributed by atoms with Gasteiger partial charge in [-0.15, -0.1) is 0 Å². The van der Waals surface area contributed by atoms with Crippen molar-refractivity contribution >= 4 is 17.5 Å². The first-order valence-electron chi connectivity index (χ1n) is 7.16. The van der Waals surface area contributed by atoms with E-state index < -0.39 is 0 Å². The number of carbonyl (C=O) groups is 1. The summed E-state index contributed by atoms with van der Waals surface area (Å²) in [6, 6.07) is 18.9. The average molecular weight is 313 g/mol. The van der Waals surface area contributed by atoms with Gasteiger partial charge in [0.05, 0.1) is 12.5 Å². The van der Waals surface area contributed by atoms with Crippen molar-refractivity contribution in [3.8, 4) is 6.07 Å². The zero-order chi connectivity index (χ0) is 15.8. The van der Waals surface area contributed by atoms with Crippen LogP contribution in [0.5, 0.6) is 0 Å². The first-order valence-corrected chi connectivity index (χ1v) is 7.54. The zero-order valence-electron chi connectivity index (χ0n) is 12.2. The number of nitriles is 1. The van der Waals surface area contributed by atoms with Crippen molar-refractivity contribution in [1.82, 2.24) is 4.90 Å². The van der Waals surface area contributed by atoms with E-state index in [1.165, 1.54) is 5.56 Å². The maximum Gasteiger partial charge on any atom is 0.253 e. The van der Waals surface area contributed by atoms with E-state index in [9.17, 15) is 4.79 Å². The highest BCUT2D eigenvalue weighted by atomic mass is 35.5. The minimum absolute atomic E-state index is 0.0668. The van der Waals surface area contributed by atoms with E-state index in [1.54, 1.807) is 29.2 Å². The number of rotatable bonds is 6. The van der Waals surface area contributed by atoms with Crippen molar-refractivity contribution in [2.45, 2.75) is 12.8 Å². The molecule has 0 atom stereocenters. The molecule has 0 aliphatic heterocycles. The molecule has 2 aromatic carbocycles. The highest BCUT2D eigenvalue weighted by Gasteiger charge is 2.15. The quantitative estimate of drug-likeness (QED) is 0.811. The first kappa shape index (κ1) is 16.1. The Bertz CT molecular complexity index is 647. The molecule has 22 heavy (non-hydrogen) atoms. The number of benzene rings is 2. The zero-order valence-corrected chi connectivity index (χ0v) is 13.0. The molecule has 2 rings (SSSR count). The summed E-state index contributed by atoms with van der Waals surface area (Å²) in [6.07, 6.45) is 1.10. The van der Waals surface area contributed by atoms with Gasteiger partial charge >= 0.3 is 0 Å². The van der Waals surface area contributed by atoms with Gasteiger partial charge in [-0.3, -0.25) is 4.79 Å². The molecule has 0 bridgehead atoms. The van der Waals surface area contributed by atoms with E-state index in [2.05, 4.69) is 6.07 Å². The van der Waals surface area contributed by atoms with Crippen LogP contribution in [0.25, 0.3) is 0 Å². The summed E-state index contributed by atoms with van der Waals surface area (Å²) in [7, 11) is 0. The Balaban J connectivity index is 2.06. The standard InChI is InChI=1S/C18H17ClN2O/c19-17-9-7-16(8-10-17)18(22)21(13-4-12-20)14-11-15-5-2-1-3-6-15/h1-3,5-10H,4,11,13-14H2. The van der Waals surface area contributed by atoms with E-state index in [-0.39, 0.29) is 5.91 Å². The molecular weight excluding hydrogens is 296 g/mol. The lowest BCUT2D eigenvalue weighted by atomic mass is 10.1. The van der Waals surface area contributed by atoms with Crippen molar-refractivity contribution in [2.24, 2.45) is 0 Å². The first-order chi connectivity index (χ1) is 10.7. The maximum atomic E-state index is 12.6. The molecule has 0 fully saturated rings. The number of amides is 1. The van der Waals surface area contributed by atoms with Gasteiger partial charge in [0.2, 0.25) is 0 Å². The Morgan fingerprint density at radius 3 is 2.36 bits per heavy atom. The van der Waals surface area contributed by atoms with Crippen LogP contribution < -0.4 is 0 Å². The summed E-state index contributed by atoms with van der Waals surface area (Å²) in [6.45, 7) is 1.03. The van der Waals surface area contributed by atoms with Crippen LogP contribution in [0, 0.1) is 11.3 Å². The van der Waals surface area contributed by atoms with Crippen LogP contribution in [-0.2, 0) is 6.42 Å². The second kappa shape index (κ2) is 8.21. The van der Waals surface area contributed by atoms with Crippen molar-refractivity contribution in [2.75, 3.05) is 13.1 Å². The van der Waals surface area contributed by atoms with Gasteiger partial charge in [0, 0.05) is 23.7 Å². The summed E-state index contributed by atoms with van der Waals surface area (Å²) < 4.78 is 0. The fourth-order valence-electron chi connectivity index (χ4n) is 2.18. The number of hydrogen-bond donors (Lipinski definition) is 0. The lowest BCUT2D eigenvalue weighted by Crippen LogP contribution is -2.33. The number of nitrogens with zero attached hydrogens (tertiary/aromatic N) is 2. The van der Waals surface area contributed by atoms with Crippen molar-refractivity contribution in [1.29, 1.82) is 5.26 Å². The highest BCUT2D eigenvalue weighted by Crippen LogP contribution is 2.12. The Hall–Kier alpha value is -2.31. The van der Waals surface area contributed by atoms with Crippen LogP contribution >= 0.6 is 11.6 Å². The van der Waals surface area contributed by atoms with Gasteiger partial charge in [0.25, 0.3) is 5.91 Å². The molecule has 0 saturated heterocycles. The summed E-state index contributed by atoms with van der Waals surface area (Å²) in [5, 5.41) is 9.39. The molecule has 0 saturated carbocycles. The average Bonchev–Trinajstić information content (AvgIpc) is 2.56. The third-order valence-electron chi connectivity index (χ3n) is 3.39. The largest absolute Gasteiger partial charge is 0.337 e. The molecule has 0 radical (unpaired) electrons. The SMILES string of the molecule is N#CCCN(CCc1ccccc1)C(=O)c1ccc(Cl)cc1. The molecule has 112 valence electrons. The van der Waals surface area contributed by atoms with Gasteiger partial charge in [-0.2, -0.15) is 5.26 Å². The molecule has 1 amide bonds. The summed E-state index contributed by atoms with van der Waals surface area (Å²) in [5.41, 5.74) is 1.77. The van der Waals surface area contributed by atoms with Crippen LogP contribution in [0.2, 0.25) is 5.02 Å². The minimum Gasteiger partial charge on any atom is -0.337 e. The maximum absolute atomic E-state index is 12.6. The Kier molecular flexibility index (Phi) is 6.00. The monoisotopic (exact) mass is 312 g/mol. The van der Waals surface area contributed by atoms with Gasteiger partial charge < -0.3 is 4.90 Å². The Morgan fingerprint density at radius 1 is 1.05 bits per heavy atom. The second-order valence-corrected chi connectivity index (χ2v) is 5.38. The molecule has 4 heteroatoms. The van der Waals surface area contributed by atoms with Crippen molar-refractivity contribution < 1.29 is 4.79 Å². The predicted molar refractivity (Wildman–Crippen MR) is 87.7 cm³/mol. The van der Waals surface area contributed by atoms with Gasteiger partial charge in [-0.1, -0.05) is 41.9 Å². The molecule has 0 aliphatic rings. The van der Waals surface area contributed by atoms with Crippen molar-refractivity contribution in [3.63, 3.8) is 0 Å². The van der Waals surface area contributed by atoms with Gasteiger partial charge in [-0.05, 0) is 36.2 Å². The van der Waals surface area contributed by atoms with Crippen LogP contribution in [0.15, 0.2) is 54.6 Å². The van der Waals surface area contributed by atoms with E-state index in [4.69, 9.17) is 16.9 Å². The fraction of sp³-hybridized carbons (Fsp3) is 0.222.